The van der Waals surface area contributed by atoms with E-state index in [1.807, 2.05) is 0 Å². The van der Waals surface area contributed by atoms with Gasteiger partial charge in [0, 0.05) is 6.08 Å². The standard InChI is InChI=1S/C10H18O2/c1-2-3-4-5-6-7-8-9-10(11)12/h8-9H,2-7H2,1H3,(H,11,12). The van der Waals surface area contributed by atoms with Gasteiger partial charge in [0.15, 0.2) is 0 Å². The van der Waals surface area contributed by atoms with Crippen LogP contribution in [0.4, 0.5) is 0 Å². The topological polar surface area (TPSA) is 37.3 Å². The molecule has 2 heteroatoms. The fourth-order valence-corrected chi connectivity index (χ4v) is 1.05. The summed E-state index contributed by atoms with van der Waals surface area (Å²) in [7, 11) is 0. The smallest absolute Gasteiger partial charge is 0.327 e. The number of carbonyl (C=O) groups is 1. The maximum Gasteiger partial charge on any atom is 0.327 e. The van der Waals surface area contributed by atoms with Crippen molar-refractivity contribution >= 4 is 5.97 Å². The van der Waals surface area contributed by atoms with Gasteiger partial charge in [-0.1, -0.05) is 38.7 Å². The van der Waals surface area contributed by atoms with E-state index in [4.69, 9.17) is 5.11 Å². The molecule has 0 aliphatic heterocycles. The van der Waals surface area contributed by atoms with Gasteiger partial charge in [0.25, 0.3) is 0 Å². The van der Waals surface area contributed by atoms with Crippen molar-refractivity contribution < 1.29 is 9.90 Å². The zero-order valence-electron chi connectivity index (χ0n) is 7.75. The van der Waals surface area contributed by atoms with Crippen molar-refractivity contribution in [3.05, 3.63) is 12.2 Å². The number of carboxylic acid groups (broad SMARTS) is 1. The van der Waals surface area contributed by atoms with Crippen LogP contribution in [0.25, 0.3) is 0 Å². The molecule has 0 aromatic rings. The van der Waals surface area contributed by atoms with E-state index in [9.17, 15) is 4.79 Å². The molecule has 0 saturated carbocycles. The van der Waals surface area contributed by atoms with E-state index in [0.717, 1.165) is 12.8 Å². The van der Waals surface area contributed by atoms with Crippen LogP contribution in [0.3, 0.4) is 0 Å². The van der Waals surface area contributed by atoms with Crippen molar-refractivity contribution in [1.29, 1.82) is 0 Å². The van der Waals surface area contributed by atoms with Gasteiger partial charge in [-0.25, -0.2) is 4.79 Å². The minimum Gasteiger partial charge on any atom is -0.478 e. The van der Waals surface area contributed by atoms with Gasteiger partial charge in [0.05, 0.1) is 0 Å². The minimum atomic E-state index is -0.844. The molecule has 0 fully saturated rings. The third-order valence-electron chi connectivity index (χ3n) is 1.73. The summed E-state index contributed by atoms with van der Waals surface area (Å²) >= 11 is 0. The summed E-state index contributed by atoms with van der Waals surface area (Å²) in [4.78, 5) is 10.0. The average molecular weight is 170 g/mol. The molecule has 0 unspecified atom stereocenters. The Hall–Kier alpha value is -0.790. The predicted molar refractivity (Wildman–Crippen MR) is 50.2 cm³/mol. The van der Waals surface area contributed by atoms with E-state index in [2.05, 4.69) is 6.92 Å². The lowest BCUT2D eigenvalue weighted by atomic mass is 10.1. The fourth-order valence-electron chi connectivity index (χ4n) is 1.05. The number of carboxylic acids is 1. The van der Waals surface area contributed by atoms with Crippen LogP contribution >= 0.6 is 0 Å². The Balaban J connectivity index is 3.05. The summed E-state index contributed by atoms with van der Waals surface area (Å²) in [5.74, 6) is -0.844. The lowest BCUT2D eigenvalue weighted by molar-refractivity contribution is -0.131. The van der Waals surface area contributed by atoms with Crippen molar-refractivity contribution in [3.63, 3.8) is 0 Å². The molecule has 0 heterocycles. The molecule has 1 N–H and O–H groups in total. The Morgan fingerprint density at radius 1 is 1.25 bits per heavy atom. The lowest BCUT2D eigenvalue weighted by Crippen LogP contribution is -1.85. The maximum absolute atomic E-state index is 10.0. The predicted octanol–water partition coefficient (Wildman–Crippen LogP) is 2.99. The highest BCUT2D eigenvalue weighted by atomic mass is 16.4. The SMILES string of the molecule is CCCCCCCC=CC(=O)O. The van der Waals surface area contributed by atoms with Crippen LogP contribution in [0.2, 0.25) is 0 Å². The molecule has 0 aliphatic rings. The summed E-state index contributed by atoms with van der Waals surface area (Å²) in [5.41, 5.74) is 0. The molecule has 0 radical (unpaired) electrons. The van der Waals surface area contributed by atoms with Crippen LogP contribution in [0.5, 0.6) is 0 Å². The fraction of sp³-hybridized carbons (Fsp3) is 0.700. The molecule has 0 aromatic heterocycles. The molecule has 0 aromatic carbocycles. The van der Waals surface area contributed by atoms with Gasteiger partial charge < -0.3 is 5.11 Å². The molecule has 12 heavy (non-hydrogen) atoms. The second-order valence-electron chi connectivity index (χ2n) is 2.94. The third-order valence-corrected chi connectivity index (χ3v) is 1.73. The van der Waals surface area contributed by atoms with Crippen LogP contribution in [-0.2, 0) is 4.79 Å². The molecular weight excluding hydrogens is 152 g/mol. The quantitative estimate of drug-likeness (QED) is 0.471. The summed E-state index contributed by atoms with van der Waals surface area (Å²) in [5, 5.41) is 8.27. The molecular formula is C10H18O2. The number of rotatable bonds is 7. The Morgan fingerprint density at radius 3 is 2.50 bits per heavy atom. The van der Waals surface area contributed by atoms with E-state index in [0.29, 0.717) is 0 Å². The molecule has 0 bridgehead atoms. The lowest BCUT2D eigenvalue weighted by Gasteiger charge is -1.95. The molecule has 0 spiro atoms. The monoisotopic (exact) mass is 170 g/mol. The number of allylic oxidation sites excluding steroid dienone is 1. The molecule has 0 aliphatic carbocycles. The van der Waals surface area contributed by atoms with E-state index in [1.165, 1.54) is 31.8 Å². The van der Waals surface area contributed by atoms with Gasteiger partial charge in [0.2, 0.25) is 0 Å². The van der Waals surface area contributed by atoms with Crippen molar-refractivity contribution in [2.45, 2.75) is 45.4 Å². The first-order valence-corrected chi connectivity index (χ1v) is 4.67. The van der Waals surface area contributed by atoms with Gasteiger partial charge in [-0.3, -0.25) is 0 Å². The van der Waals surface area contributed by atoms with E-state index >= 15 is 0 Å². The summed E-state index contributed by atoms with van der Waals surface area (Å²) < 4.78 is 0. The first-order valence-electron chi connectivity index (χ1n) is 4.67. The van der Waals surface area contributed by atoms with Gasteiger partial charge >= 0.3 is 5.97 Å². The second kappa shape index (κ2) is 8.31. The molecule has 0 rings (SSSR count). The highest BCUT2D eigenvalue weighted by Gasteiger charge is 1.87. The van der Waals surface area contributed by atoms with Crippen LogP contribution in [0, 0.1) is 0 Å². The number of unbranched alkanes of at least 4 members (excludes halogenated alkanes) is 5. The first kappa shape index (κ1) is 11.2. The largest absolute Gasteiger partial charge is 0.478 e. The zero-order valence-corrected chi connectivity index (χ0v) is 7.75. The second-order valence-corrected chi connectivity index (χ2v) is 2.94. The average Bonchev–Trinajstić information content (AvgIpc) is 2.02. The van der Waals surface area contributed by atoms with E-state index in [1.54, 1.807) is 6.08 Å². The van der Waals surface area contributed by atoms with Crippen LogP contribution in [0.15, 0.2) is 12.2 Å². The van der Waals surface area contributed by atoms with Gasteiger partial charge in [0.1, 0.15) is 0 Å². The van der Waals surface area contributed by atoms with Crippen molar-refractivity contribution in [2.24, 2.45) is 0 Å². The Labute approximate surface area is 74.3 Å². The zero-order chi connectivity index (χ0) is 9.23. The van der Waals surface area contributed by atoms with Gasteiger partial charge in [-0.15, -0.1) is 0 Å². The molecule has 0 saturated heterocycles. The summed E-state index contributed by atoms with van der Waals surface area (Å²) in [6.45, 7) is 2.18. The van der Waals surface area contributed by atoms with Crippen molar-refractivity contribution in [3.8, 4) is 0 Å². The highest BCUT2D eigenvalue weighted by molar-refractivity contribution is 5.79. The van der Waals surface area contributed by atoms with Crippen molar-refractivity contribution in [2.75, 3.05) is 0 Å². The highest BCUT2D eigenvalue weighted by Crippen LogP contribution is 2.04. The number of hydrogen-bond acceptors (Lipinski definition) is 1. The minimum absolute atomic E-state index is 0.844. The van der Waals surface area contributed by atoms with Crippen LogP contribution in [-0.4, -0.2) is 11.1 Å². The van der Waals surface area contributed by atoms with Crippen LogP contribution in [0.1, 0.15) is 45.4 Å². The molecule has 70 valence electrons. The van der Waals surface area contributed by atoms with E-state index < -0.39 is 5.97 Å². The maximum atomic E-state index is 10.0. The summed E-state index contributed by atoms with van der Waals surface area (Å²) in [6.07, 6.45) is 10.0. The molecule has 0 atom stereocenters. The first-order chi connectivity index (χ1) is 5.77. The van der Waals surface area contributed by atoms with Gasteiger partial charge in [-0.2, -0.15) is 0 Å². The normalized spacial score (nSPS) is 10.8. The third kappa shape index (κ3) is 9.21. The Bertz CT molecular complexity index is 139. The van der Waals surface area contributed by atoms with E-state index in [-0.39, 0.29) is 0 Å². The Kier molecular flexibility index (Phi) is 7.76. The van der Waals surface area contributed by atoms with Crippen molar-refractivity contribution in [1.82, 2.24) is 0 Å². The van der Waals surface area contributed by atoms with Crippen LogP contribution < -0.4 is 0 Å². The number of aliphatic carboxylic acids is 1. The van der Waals surface area contributed by atoms with Gasteiger partial charge in [-0.05, 0) is 12.8 Å². The Morgan fingerprint density at radius 2 is 1.92 bits per heavy atom. The molecule has 2 nitrogen and oxygen atoms in total. The molecule has 0 amide bonds. The summed E-state index contributed by atoms with van der Waals surface area (Å²) in [6, 6.07) is 0. The number of hydrogen-bond donors (Lipinski definition) is 1.